The maximum absolute atomic E-state index is 9.85. The van der Waals surface area contributed by atoms with Gasteiger partial charge in [0.2, 0.25) is 0 Å². The van der Waals surface area contributed by atoms with E-state index in [-0.39, 0.29) is 0 Å². The van der Waals surface area contributed by atoms with Crippen LogP contribution in [0.2, 0.25) is 0 Å². The lowest BCUT2D eigenvalue weighted by Gasteiger charge is -2.34. The van der Waals surface area contributed by atoms with Crippen molar-refractivity contribution in [1.29, 1.82) is 0 Å². The summed E-state index contributed by atoms with van der Waals surface area (Å²) in [4.78, 5) is 2.30. The van der Waals surface area contributed by atoms with Crippen LogP contribution in [-0.2, 0) is 0 Å². The summed E-state index contributed by atoms with van der Waals surface area (Å²) in [5.41, 5.74) is 4.76. The Morgan fingerprint density at radius 2 is 1.86 bits per heavy atom. The van der Waals surface area contributed by atoms with Crippen LogP contribution in [0.5, 0.6) is 0 Å². The summed E-state index contributed by atoms with van der Waals surface area (Å²) in [5.74, 6) is 0. The van der Waals surface area contributed by atoms with Crippen molar-refractivity contribution in [2.24, 2.45) is 5.73 Å². The van der Waals surface area contributed by atoms with E-state index in [1.54, 1.807) is 6.92 Å². The summed E-state index contributed by atoms with van der Waals surface area (Å²) in [5, 5.41) is 9.85. The number of hydrogen-bond acceptors (Lipinski definition) is 3. The summed E-state index contributed by atoms with van der Waals surface area (Å²) >= 11 is 0. The second kappa shape index (κ2) is 5.69. The van der Waals surface area contributed by atoms with Crippen molar-refractivity contribution in [3.63, 3.8) is 0 Å². The van der Waals surface area contributed by atoms with E-state index in [1.807, 2.05) is 0 Å². The quantitative estimate of drug-likeness (QED) is 0.680. The molecule has 0 fully saturated rings. The third-order valence-corrected chi connectivity index (χ3v) is 3.16. The predicted molar refractivity (Wildman–Crippen MR) is 61.3 cm³/mol. The first-order valence-electron chi connectivity index (χ1n) is 5.48. The van der Waals surface area contributed by atoms with Gasteiger partial charge >= 0.3 is 0 Å². The Morgan fingerprint density at radius 3 is 2.21 bits per heavy atom. The monoisotopic (exact) mass is 202 g/mol. The molecular formula is C11H26N2O. The second-order valence-corrected chi connectivity index (χ2v) is 4.68. The first-order chi connectivity index (χ1) is 6.34. The van der Waals surface area contributed by atoms with Crippen LogP contribution in [0.4, 0.5) is 0 Å². The molecule has 14 heavy (non-hydrogen) atoms. The Hall–Kier alpha value is -0.120. The van der Waals surface area contributed by atoms with Crippen LogP contribution in [0.25, 0.3) is 0 Å². The van der Waals surface area contributed by atoms with Crippen LogP contribution in [0.1, 0.15) is 40.5 Å². The number of hydrogen-bond donors (Lipinski definition) is 2. The molecule has 86 valence electrons. The van der Waals surface area contributed by atoms with Gasteiger partial charge in [0.15, 0.2) is 0 Å². The second-order valence-electron chi connectivity index (χ2n) is 4.68. The van der Waals surface area contributed by atoms with Crippen molar-refractivity contribution in [2.45, 2.75) is 58.2 Å². The van der Waals surface area contributed by atoms with Gasteiger partial charge in [-0.05, 0) is 40.7 Å². The van der Waals surface area contributed by atoms with E-state index in [9.17, 15) is 5.11 Å². The fourth-order valence-electron chi connectivity index (χ4n) is 1.59. The lowest BCUT2D eigenvalue weighted by Crippen LogP contribution is -2.44. The lowest BCUT2D eigenvalue weighted by atomic mass is 9.96. The van der Waals surface area contributed by atoms with Gasteiger partial charge in [0.05, 0.1) is 5.60 Å². The summed E-state index contributed by atoms with van der Waals surface area (Å²) in [6.45, 7) is 8.64. The molecular weight excluding hydrogens is 176 g/mol. The molecule has 0 rings (SSSR count). The van der Waals surface area contributed by atoms with E-state index in [1.165, 1.54) is 0 Å². The molecule has 0 radical (unpaired) electrons. The maximum Gasteiger partial charge on any atom is 0.0756 e. The topological polar surface area (TPSA) is 49.5 Å². The van der Waals surface area contributed by atoms with Crippen LogP contribution < -0.4 is 5.73 Å². The van der Waals surface area contributed by atoms with Crippen molar-refractivity contribution in [3.05, 3.63) is 0 Å². The molecule has 0 aromatic rings. The summed E-state index contributed by atoms with van der Waals surface area (Å²) in [6, 6.07) is 0.919. The largest absolute Gasteiger partial charge is 0.389 e. The Labute approximate surface area is 88.3 Å². The Balaban J connectivity index is 4.13. The fraction of sp³-hybridized carbons (Fsp3) is 1.00. The molecule has 0 spiro atoms. The number of nitrogens with two attached hydrogens (primary N) is 1. The summed E-state index contributed by atoms with van der Waals surface area (Å²) in [6.07, 6.45) is 1.86. The average molecular weight is 202 g/mol. The SMILES string of the molecule is CCC(C)N(C)C(C)CC(C)(O)CN. The van der Waals surface area contributed by atoms with Gasteiger partial charge in [0.25, 0.3) is 0 Å². The average Bonchev–Trinajstić information content (AvgIpc) is 2.14. The molecule has 0 amide bonds. The Morgan fingerprint density at radius 1 is 1.36 bits per heavy atom. The molecule has 3 unspecified atom stereocenters. The summed E-state index contributed by atoms with van der Waals surface area (Å²) < 4.78 is 0. The van der Waals surface area contributed by atoms with Crippen molar-refractivity contribution >= 4 is 0 Å². The first-order valence-corrected chi connectivity index (χ1v) is 5.48. The van der Waals surface area contributed by atoms with E-state index in [4.69, 9.17) is 5.73 Å². The molecule has 0 bridgehead atoms. The molecule has 0 aliphatic carbocycles. The van der Waals surface area contributed by atoms with Gasteiger partial charge < -0.3 is 15.7 Å². The number of aliphatic hydroxyl groups is 1. The standard InChI is InChI=1S/C11H26N2O/c1-6-9(2)13(5)10(3)7-11(4,14)8-12/h9-10,14H,6-8,12H2,1-5H3. The number of rotatable bonds is 6. The first kappa shape index (κ1) is 13.9. The maximum atomic E-state index is 9.85. The highest BCUT2D eigenvalue weighted by Crippen LogP contribution is 2.16. The van der Waals surface area contributed by atoms with E-state index < -0.39 is 5.60 Å². The third-order valence-electron chi connectivity index (χ3n) is 3.16. The highest BCUT2D eigenvalue weighted by Gasteiger charge is 2.24. The smallest absolute Gasteiger partial charge is 0.0756 e. The molecule has 0 aliphatic rings. The van der Waals surface area contributed by atoms with E-state index in [2.05, 4.69) is 32.7 Å². The molecule has 0 heterocycles. The van der Waals surface area contributed by atoms with E-state index in [0.29, 0.717) is 18.6 Å². The molecule has 3 heteroatoms. The Bertz CT molecular complexity index is 159. The van der Waals surface area contributed by atoms with Crippen LogP contribution in [-0.4, -0.2) is 41.3 Å². The molecule has 0 aromatic heterocycles. The molecule has 0 aromatic carbocycles. The molecule has 3 nitrogen and oxygen atoms in total. The third kappa shape index (κ3) is 4.40. The normalized spacial score (nSPS) is 20.6. The zero-order valence-corrected chi connectivity index (χ0v) is 10.2. The van der Waals surface area contributed by atoms with Gasteiger partial charge in [-0.3, -0.25) is 0 Å². The van der Waals surface area contributed by atoms with Crippen molar-refractivity contribution < 1.29 is 5.11 Å². The Kier molecular flexibility index (Phi) is 5.64. The fourth-order valence-corrected chi connectivity index (χ4v) is 1.59. The van der Waals surface area contributed by atoms with Gasteiger partial charge in [0, 0.05) is 18.6 Å². The zero-order valence-electron chi connectivity index (χ0n) is 10.2. The minimum absolute atomic E-state index is 0.325. The van der Waals surface area contributed by atoms with Gasteiger partial charge in [-0.2, -0.15) is 0 Å². The molecule has 0 aliphatic heterocycles. The van der Waals surface area contributed by atoms with Gasteiger partial charge in [-0.1, -0.05) is 6.92 Å². The van der Waals surface area contributed by atoms with Crippen LogP contribution in [0.3, 0.4) is 0 Å². The summed E-state index contributed by atoms with van der Waals surface area (Å²) in [7, 11) is 2.10. The lowest BCUT2D eigenvalue weighted by molar-refractivity contribution is 0.0267. The molecule has 0 saturated carbocycles. The van der Waals surface area contributed by atoms with Crippen molar-refractivity contribution in [3.8, 4) is 0 Å². The minimum atomic E-state index is -0.735. The molecule has 0 saturated heterocycles. The van der Waals surface area contributed by atoms with Crippen molar-refractivity contribution in [2.75, 3.05) is 13.6 Å². The van der Waals surface area contributed by atoms with Gasteiger partial charge in [0.1, 0.15) is 0 Å². The van der Waals surface area contributed by atoms with Crippen LogP contribution >= 0.6 is 0 Å². The minimum Gasteiger partial charge on any atom is -0.389 e. The van der Waals surface area contributed by atoms with Crippen LogP contribution in [0.15, 0.2) is 0 Å². The van der Waals surface area contributed by atoms with Gasteiger partial charge in [-0.15, -0.1) is 0 Å². The molecule has 3 atom stereocenters. The molecule has 3 N–H and O–H groups in total. The highest BCUT2D eigenvalue weighted by atomic mass is 16.3. The predicted octanol–water partition coefficient (Wildman–Crippen LogP) is 1.20. The van der Waals surface area contributed by atoms with Crippen molar-refractivity contribution in [1.82, 2.24) is 4.90 Å². The highest BCUT2D eigenvalue weighted by molar-refractivity contribution is 4.81. The number of nitrogens with zero attached hydrogens (tertiary/aromatic N) is 1. The zero-order chi connectivity index (χ0) is 11.4. The van der Waals surface area contributed by atoms with Crippen LogP contribution in [0, 0.1) is 0 Å². The van der Waals surface area contributed by atoms with E-state index >= 15 is 0 Å². The van der Waals surface area contributed by atoms with Gasteiger partial charge in [-0.25, -0.2) is 0 Å². The van der Waals surface area contributed by atoms with E-state index in [0.717, 1.165) is 12.8 Å².